The summed E-state index contributed by atoms with van der Waals surface area (Å²) in [5.74, 6) is 0. The second-order valence-electron chi connectivity index (χ2n) is 5.04. The number of halogens is 8. The third-order valence-electron chi connectivity index (χ3n) is 3.37. The molecule has 0 aliphatic rings. The minimum Gasteiger partial charge on any atom is -0.166 e. The molecule has 0 unspecified atom stereocenters. The van der Waals surface area contributed by atoms with E-state index in [2.05, 4.69) is 15.9 Å². The smallest absolute Gasteiger partial charge is 0.166 e. The molecule has 0 saturated heterocycles. The predicted molar refractivity (Wildman–Crippen MR) is 83.2 cm³/mol. The fourth-order valence-corrected chi connectivity index (χ4v) is 2.95. The molecule has 0 heterocycles. The zero-order chi connectivity index (χ0) is 18.1. The SMILES string of the molecule is FC(F)(F)c1ccc([C@@H](Br)[C@@H](Cl)c2ccc(C(F)(F)F)cc2)cc1. The van der Waals surface area contributed by atoms with E-state index in [0.29, 0.717) is 11.1 Å². The second kappa shape index (κ2) is 6.96. The third-order valence-corrected chi connectivity index (χ3v) is 5.24. The highest BCUT2D eigenvalue weighted by molar-refractivity contribution is 9.09. The maximum Gasteiger partial charge on any atom is 0.416 e. The average Bonchev–Trinajstić information content (AvgIpc) is 2.52. The molecule has 2 atom stereocenters. The van der Waals surface area contributed by atoms with Crippen LogP contribution in [0.3, 0.4) is 0 Å². The van der Waals surface area contributed by atoms with Crippen molar-refractivity contribution in [3.8, 4) is 0 Å². The van der Waals surface area contributed by atoms with Crippen LogP contribution < -0.4 is 0 Å². The summed E-state index contributed by atoms with van der Waals surface area (Å²) in [7, 11) is 0. The van der Waals surface area contributed by atoms with Crippen LogP contribution in [0.2, 0.25) is 0 Å². The lowest BCUT2D eigenvalue weighted by atomic mass is 10.0. The van der Waals surface area contributed by atoms with Gasteiger partial charge in [-0.05, 0) is 35.4 Å². The fourth-order valence-electron chi connectivity index (χ4n) is 2.05. The van der Waals surface area contributed by atoms with Crippen LogP contribution in [0.4, 0.5) is 26.3 Å². The molecule has 2 aromatic carbocycles. The van der Waals surface area contributed by atoms with E-state index >= 15 is 0 Å². The normalized spacial score (nSPS) is 15.2. The first-order valence-electron chi connectivity index (χ1n) is 6.62. The fraction of sp³-hybridized carbons (Fsp3) is 0.250. The number of rotatable bonds is 3. The summed E-state index contributed by atoms with van der Waals surface area (Å²) in [6.45, 7) is 0. The summed E-state index contributed by atoms with van der Waals surface area (Å²) >= 11 is 9.52. The number of benzene rings is 2. The second-order valence-corrected chi connectivity index (χ2v) is 6.50. The first-order chi connectivity index (χ1) is 11.0. The molecule has 0 aliphatic heterocycles. The molecule has 0 aliphatic carbocycles. The Morgan fingerprint density at radius 1 is 0.667 bits per heavy atom. The maximum absolute atomic E-state index is 12.5. The van der Waals surface area contributed by atoms with Crippen LogP contribution >= 0.6 is 27.5 Å². The highest BCUT2D eigenvalue weighted by Gasteiger charge is 2.32. The van der Waals surface area contributed by atoms with Crippen molar-refractivity contribution in [2.45, 2.75) is 22.6 Å². The van der Waals surface area contributed by atoms with Crippen LogP contribution in [-0.2, 0) is 12.4 Å². The highest BCUT2D eigenvalue weighted by Crippen LogP contribution is 2.42. The zero-order valence-corrected chi connectivity index (χ0v) is 14.1. The molecular formula is C16H10BrClF6. The summed E-state index contributed by atoms with van der Waals surface area (Å²) in [6, 6.07) is 8.75. The van der Waals surface area contributed by atoms with Gasteiger partial charge in [-0.1, -0.05) is 40.2 Å². The zero-order valence-electron chi connectivity index (χ0n) is 11.8. The van der Waals surface area contributed by atoms with Gasteiger partial charge in [0.2, 0.25) is 0 Å². The van der Waals surface area contributed by atoms with Crippen molar-refractivity contribution in [3.05, 3.63) is 70.8 Å². The van der Waals surface area contributed by atoms with Crippen LogP contribution in [-0.4, -0.2) is 0 Å². The Labute approximate surface area is 147 Å². The molecule has 0 spiro atoms. The Bertz CT molecular complexity index is 614. The quantitative estimate of drug-likeness (QED) is 0.358. The number of hydrogen-bond donors (Lipinski definition) is 0. The molecule has 2 rings (SSSR count). The maximum atomic E-state index is 12.5. The van der Waals surface area contributed by atoms with E-state index in [4.69, 9.17) is 11.6 Å². The molecule has 0 saturated carbocycles. The van der Waals surface area contributed by atoms with Gasteiger partial charge in [0.05, 0.1) is 21.3 Å². The summed E-state index contributed by atoms with van der Waals surface area (Å²) in [5.41, 5.74) is -0.670. The molecule has 24 heavy (non-hydrogen) atoms. The third kappa shape index (κ3) is 4.45. The molecule has 0 nitrogen and oxygen atoms in total. The van der Waals surface area contributed by atoms with Crippen molar-refractivity contribution in [2.75, 3.05) is 0 Å². The van der Waals surface area contributed by atoms with Crippen molar-refractivity contribution in [1.82, 2.24) is 0 Å². The Morgan fingerprint density at radius 2 is 1.00 bits per heavy atom. The molecule has 8 heteroatoms. The highest BCUT2D eigenvalue weighted by atomic mass is 79.9. The minimum absolute atomic E-state index is 0.423. The van der Waals surface area contributed by atoms with Gasteiger partial charge in [-0.15, -0.1) is 11.6 Å². The van der Waals surface area contributed by atoms with Crippen LogP contribution in [0.5, 0.6) is 0 Å². The van der Waals surface area contributed by atoms with Gasteiger partial charge in [-0.2, -0.15) is 26.3 Å². The molecule has 2 aromatic rings. The molecule has 0 radical (unpaired) electrons. The Balaban J connectivity index is 2.18. The van der Waals surface area contributed by atoms with Gasteiger partial charge in [-0.25, -0.2) is 0 Å². The summed E-state index contributed by atoms with van der Waals surface area (Å²) < 4.78 is 75.3. The molecule has 0 aromatic heterocycles. The number of hydrogen-bond acceptors (Lipinski definition) is 0. The first-order valence-corrected chi connectivity index (χ1v) is 7.98. The van der Waals surface area contributed by atoms with Gasteiger partial charge in [0, 0.05) is 0 Å². The van der Waals surface area contributed by atoms with E-state index in [1.165, 1.54) is 24.3 Å². The molecule has 0 amide bonds. The largest absolute Gasteiger partial charge is 0.416 e. The van der Waals surface area contributed by atoms with Crippen molar-refractivity contribution in [2.24, 2.45) is 0 Å². The van der Waals surface area contributed by atoms with Gasteiger partial charge in [0.15, 0.2) is 0 Å². The first kappa shape index (κ1) is 19.1. The lowest BCUT2D eigenvalue weighted by molar-refractivity contribution is -0.138. The van der Waals surface area contributed by atoms with Crippen LogP contribution in [0.1, 0.15) is 32.5 Å². The molecule has 0 fully saturated rings. The average molecular weight is 432 g/mol. The topological polar surface area (TPSA) is 0 Å². The molecule has 0 bridgehead atoms. The molecule has 130 valence electrons. The molecular weight excluding hydrogens is 422 g/mol. The van der Waals surface area contributed by atoms with E-state index < -0.39 is 33.7 Å². The van der Waals surface area contributed by atoms with Crippen molar-refractivity contribution in [1.29, 1.82) is 0 Å². The van der Waals surface area contributed by atoms with E-state index in [-0.39, 0.29) is 0 Å². The van der Waals surface area contributed by atoms with Crippen LogP contribution in [0, 0.1) is 0 Å². The van der Waals surface area contributed by atoms with Gasteiger partial charge >= 0.3 is 12.4 Å². The number of alkyl halides is 8. The van der Waals surface area contributed by atoms with Gasteiger partial charge in [-0.3, -0.25) is 0 Å². The van der Waals surface area contributed by atoms with Gasteiger partial charge in [0.1, 0.15) is 0 Å². The Kier molecular flexibility index (Phi) is 5.54. The lowest BCUT2D eigenvalue weighted by Crippen LogP contribution is -2.07. The van der Waals surface area contributed by atoms with Crippen LogP contribution in [0.15, 0.2) is 48.5 Å². The van der Waals surface area contributed by atoms with E-state index in [0.717, 1.165) is 24.3 Å². The van der Waals surface area contributed by atoms with Gasteiger partial charge in [0.25, 0.3) is 0 Å². The van der Waals surface area contributed by atoms with E-state index in [1.54, 1.807) is 0 Å². The Morgan fingerprint density at radius 3 is 1.33 bits per heavy atom. The minimum atomic E-state index is -4.44. The Hall–Kier alpha value is -1.21. The molecule has 0 N–H and O–H groups in total. The summed E-state index contributed by atoms with van der Waals surface area (Å²) in [4.78, 5) is -0.557. The van der Waals surface area contributed by atoms with Crippen molar-refractivity contribution >= 4 is 27.5 Å². The summed E-state index contributed by atoms with van der Waals surface area (Å²) in [6.07, 6.45) is -8.88. The van der Waals surface area contributed by atoms with E-state index in [9.17, 15) is 26.3 Å². The van der Waals surface area contributed by atoms with Gasteiger partial charge < -0.3 is 0 Å². The van der Waals surface area contributed by atoms with Crippen molar-refractivity contribution < 1.29 is 26.3 Å². The summed E-state index contributed by atoms with van der Waals surface area (Å²) in [5, 5.41) is -0.746. The predicted octanol–water partition coefficient (Wildman–Crippen LogP) is 7.14. The standard InChI is InChI=1S/C16H10BrClF6/c17-13(9-1-5-11(6-2-9)15(19,20)21)14(18)10-3-7-12(8-4-10)16(22,23)24/h1-8,13-14H/t13-,14+/m1/s1. The monoisotopic (exact) mass is 430 g/mol. The van der Waals surface area contributed by atoms with Crippen LogP contribution in [0.25, 0.3) is 0 Å². The van der Waals surface area contributed by atoms with E-state index in [1.807, 2.05) is 0 Å². The lowest BCUT2D eigenvalue weighted by Gasteiger charge is -2.18. The van der Waals surface area contributed by atoms with Crippen molar-refractivity contribution in [3.63, 3.8) is 0 Å².